The molecule has 22 heavy (non-hydrogen) atoms. The van der Waals surface area contributed by atoms with Gasteiger partial charge in [-0.05, 0) is 25.0 Å². The highest BCUT2D eigenvalue weighted by Gasteiger charge is 2.32. The lowest BCUT2D eigenvalue weighted by molar-refractivity contribution is -0.141. The van der Waals surface area contributed by atoms with Crippen molar-refractivity contribution in [2.24, 2.45) is 0 Å². The van der Waals surface area contributed by atoms with Crippen molar-refractivity contribution in [1.29, 1.82) is 0 Å². The summed E-state index contributed by atoms with van der Waals surface area (Å²) < 4.78 is 43.0. The molecule has 0 spiro atoms. The van der Waals surface area contributed by atoms with E-state index in [0.29, 0.717) is 6.04 Å². The van der Waals surface area contributed by atoms with E-state index in [1.54, 1.807) is 0 Å². The maximum Gasteiger partial charge on any atom is 0.433 e. The molecule has 0 N–H and O–H groups in total. The minimum absolute atomic E-state index is 0.585. The number of ether oxygens (including phenoxy) is 1. The standard InChI is InChI=1S/C15H20F3N3O/c16-15(17,18)14-2-1-13(11-19-14)21-7-5-20(6-8-21)12-3-9-22-10-4-12/h1-2,11-12H,3-10H2. The van der Waals surface area contributed by atoms with Crippen molar-refractivity contribution in [3.05, 3.63) is 24.0 Å². The summed E-state index contributed by atoms with van der Waals surface area (Å²) in [6.45, 7) is 5.17. The molecular weight excluding hydrogens is 295 g/mol. The fraction of sp³-hybridized carbons (Fsp3) is 0.667. The summed E-state index contributed by atoms with van der Waals surface area (Å²) in [5.41, 5.74) is -0.0725. The molecule has 2 fully saturated rings. The second-order valence-electron chi connectivity index (χ2n) is 5.77. The normalized spacial score (nSPS) is 22.0. The molecule has 0 bridgehead atoms. The summed E-state index contributed by atoms with van der Waals surface area (Å²) in [7, 11) is 0. The molecule has 0 amide bonds. The number of halogens is 3. The molecular formula is C15H20F3N3O. The summed E-state index contributed by atoms with van der Waals surface area (Å²) in [6.07, 6.45) is -0.906. The number of piperazine rings is 1. The number of nitrogens with zero attached hydrogens (tertiary/aromatic N) is 3. The van der Waals surface area contributed by atoms with Crippen molar-refractivity contribution < 1.29 is 17.9 Å². The number of hydrogen-bond acceptors (Lipinski definition) is 4. The SMILES string of the molecule is FC(F)(F)c1ccc(N2CCN(C3CCOCC3)CC2)cn1. The van der Waals surface area contributed by atoms with Gasteiger partial charge in [-0.15, -0.1) is 0 Å². The third kappa shape index (κ3) is 3.52. The Morgan fingerprint density at radius 3 is 2.27 bits per heavy atom. The highest BCUT2D eigenvalue weighted by molar-refractivity contribution is 5.45. The highest BCUT2D eigenvalue weighted by atomic mass is 19.4. The minimum Gasteiger partial charge on any atom is -0.381 e. The zero-order chi connectivity index (χ0) is 15.6. The van der Waals surface area contributed by atoms with Crippen LogP contribution in [0, 0.1) is 0 Å². The highest BCUT2D eigenvalue weighted by Crippen LogP contribution is 2.28. The van der Waals surface area contributed by atoms with Crippen LogP contribution in [0.4, 0.5) is 18.9 Å². The topological polar surface area (TPSA) is 28.6 Å². The monoisotopic (exact) mass is 315 g/mol. The predicted molar refractivity (Wildman–Crippen MR) is 76.9 cm³/mol. The fourth-order valence-corrected chi connectivity index (χ4v) is 3.14. The molecule has 0 saturated carbocycles. The molecule has 1 aromatic heterocycles. The number of rotatable bonds is 2. The summed E-state index contributed by atoms with van der Waals surface area (Å²) in [6, 6.07) is 3.15. The lowest BCUT2D eigenvalue weighted by atomic mass is 10.1. The van der Waals surface area contributed by atoms with Crippen LogP contribution >= 0.6 is 0 Å². The number of anilines is 1. The first-order valence-corrected chi connectivity index (χ1v) is 7.64. The number of pyridine rings is 1. The van der Waals surface area contributed by atoms with Gasteiger partial charge < -0.3 is 9.64 Å². The molecule has 3 heterocycles. The maximum absolute atomic E-state index is 12.5. The molecule has 2 aliphatic heterocycles. The van der Waals surface area contributed by atoms with Gasteiger partial charge in [0.25, 0.3) is 0 Å². The summed E-state index contributed by atoms with van der Waals surface area (Å²) in [5.74, 6) is 0. The van der Waals surface area contributed by atoms with Crippen molar-refractivity contribution in [1.82, 2.24) is 9.88 Å². The first kappa shape index (κ1) is 15.6. The van der Waals surface area contributed by atoms with Crippen molar-refractivity contribution in [3.8, 4) is 0 Å². The Labute approximate surface area is 127 Å². The molecule has 0 aromatic carbocycles. The molecule has 0 atom stereocenters. The molecule has 7 heteroatoms. The zero-order valence-corrected chi connectivity index (χ0v) is 12.4. The number of alkyl halides is 3. The third-order valence-electron chi connectivity index (χ3n) is 4.42. The van der Waals surface area contributed by atoms with Crippen LogP contribution in [0.15, 0.2) is 18.3 Å². The van der Waals surface area contributed by atoms with E-state index in [2.05, 4.69) is 14.8 Å². The molecule has 0 aliphatic carbocycles. The Morgan fingerprint density at radius 1 is 1.05 bits per heavy atom. The Hall–Kier alpha value is -1.34. The van der Waals surface area contributed by atoms with Crippen LogP contribution in [-0.4, -0.2) is 55.3 Å². The minimum atomic E-state index is -4.37. The second kappa shape index (κ2) is 6.42. The molecule has 0 radical (unpaired) electrons. The lowest BCUT2D eigenvalue weighted by Gasteiger charge is -2.41. The third-order valence-corrected chi connectivity index (χ3v) is 4.42. The van der Waals surface area contributed by atoms with E-state index in [1.807, 2.05) is 0 Å². The smallest absolute Gasteiger partial charge is 0.381 e. The Balaban J connectivity index is 1.57. The van der Waals surface area contributed by atoms with Gasteiger partial charge >= 0.3 is 6.18 Å². The quantitative estimate of drug-likeness (QED) is 0.838. The Morgan fingerprint density at radius 2 is 1.73 bits per heavy atom. The average molecular weight is 315 g/mol. The number of aromatic nitrogens is 1. The van der Waals surface area contributed by atoms with E-state index < -0.39 is 11.9 Å². The van der Waals surface area contributed by atoms with Crippen LogP contribution in [0.3, 0.4) is 0 Å². The van der Waals surface area contributed by atoms with Gasteiger partial charge in [0.15, 0.2) is 0 Å². The van der Waals surface area contributed by atoms with E-state index in [0.717, 1.165) is 64.0 Å². The van der Waals surface area contributed by atoms with Crippen LogP contribution in [0.2, 0.25) is 0 Å². The lowest BCUT2D eigenvalue weighted by Crippen LogP contribution is -2.51. The molecule has 2 aliphatic rings. The van der Waals surface area contributed by atoms with E-state index in [9.17, 15) is 13.2 Å². The van der Waals surface area contributed by atoms with Gasteiger partial charge in [0.1, 0.15) is 5.69 Å². The van der Waals surface area contributed by atoms with Gasteiger partial charge in [0, 0.05) is 45.4 Å². The fourth-order valence-electron chi connectivity index (χ4n) is 3.14. The van der Waals surface area contributed by atoms with Crippen molar-refractivity contribution >= 4 is 5.69 Å². The van der Waals surface area contributed by atoms with Crippen molar-refractivity contribution in [2.45, 2.75) is 25.1 Å². The van der Waals surface area contributed by atoms with Gasteiger partial charge in [-0.25, -0.2) is 4.98 Å². The van der Waals surface area contributed by atoms with Gasteiger partial charge in [-0.3, -0.25) is 4.90 Å². The van der Waals surface area contributed by atoms with Crippen LogP contribution < -0.4 is 4.90 Å². The second-order valence-corrected chi connectivity index (χ2v) is 5.77. The molecule has 4 nitrogen and oxygen atoms in total. The number of hydrogen-bond donors (Lipinski definition) is 0. The van der Waals surface area contributed by atoms with Gasteiger partial charge in [-0.2, -0.15) is 13.2 Å². The summed E-state index contributed by atoms with van der Waals surface area (Å²) in [4.78, 5) is 8.11. The van der Waals surface area contributed by atoms with E-state index >= 15 is 0 Å². The Bertz CT molecular complexity index is 478. The first-order valence-electron chi connectivity index (χ1n) is 7.64. The molecule has 0 unspecified atom stereocenters. The van der Waals surface area contributed by atoms with E-state index in [-0.39, 0.29) is 0 Å². The summed E-state index contributed by atoms with van der Waals surface area (Å²) in [5, 5.41) is 0. The van der Waals surface area contributed by atoms with Crippen LogP contribution in [-0.2, 0) is 10.9 Å². The van der Waals surface area contributed by atoms with Crippen LogP contribution in [0.25, 0.3) is 0 Å². The van der Waals surface area contributed by atoms with Crippen molar-refractivity contribution in [2.75, 3.05) is 44.3 Å². The van der Waals surface area contributed by atoms with Gasteiger partial charge in [0.2, 0.25) is 0 Å². The van der Waals surface area contributed by atoms with E-state index in [1.165, 1.54) is 12.3 Å². The van der Waals surface area contributed by atoms with E-state index in [4.69, 9.17) is 4.74 Å². The van der Waals surface area contributed by atoms with Gasteiger partial charge in [0.05, 0.1) is 11.9 Å². The Kier molecular flexibility index (Phi) is 4.54. The molecule has 1 aromatic rings. The van der Waals surface area contributed by atoms with Crippen molar-refractivity contribution in [3.63, 3.8) is 0 Å². The average Bonchev–Trinajstić information content (AvgIpc) is 2.55. The van der Waals surface area contributed by atoms with Crippen LogP contribution in [0.5, 0.6) is 0 Å². The first-order chi connectivity index (χ1) is 10.5. The zero-order valence-electron chi connectivity index (χ0n) is 12.4. The summed E-state index contributed by atoms with van der Waals surface area (Å²) >= 11 is 0. The maximum atomic E-state index is 12.5. The predicted octanol–water partition coefficient (Wildman–Crippen LogP) is 2.40. The largest absolute Gasteiger partial charge is 0.433 e. The van der Waals surface area contributed by atoms with Crippen LogP contribution in [0.1, 0.15) is 18.5 Å². The molecule has 3 rings (SSSR count). The molecule has 122 valence electrons. The molecule has 2 saturated heterocycles. The van der Waals surface area contributed by atoms with Gasteiger partial charge in [-0.1, -0.05) is 0 Å².